The number of aliphatic hydroxyl groups is 1. The number of esters is 1. The molecule has 0 spiro atoms. The maximum absolute atomic E-state index is 11.7. The summed E-state index contributed by atoms with van der Waals surface area (Å²) in [6.45, 7) is 4.60. The molecule has 0 saturated heterocycles. The van der Waals surface area contributed by atoms with Gasteiger partial charge < -0.3 is 19.9 Å². The van der Waals surface area contributed by atoms with Crippen LogP contribution in [0.3, 0.4) is 0 Å². The molecule has 0 aliphatic carbocycles. The van der Waals surface area contributed by atoms with E-state index in [0.29, 0.717) is 35.7 Å². The van der Waals surface area contributed by atoms with E-state index in [0.717, 1.165) is 22.3 Å². The number of methoxy groups -OCH3 is 1. The van der Waals surface area contributed by atoms with Crippen molar-refractivity contribution in [3.05, 3.63) is 63.5 Å². The molecule has 10 nitrogen and oxygen atoms in total. The van der Waals surface area contributed by atoms with Crippen molar-refractivity contribution >= 4 is 5.97 Å². The number of nitrogens with one attached hydrogen (secondary N) is 1. The Balaban J connectivity index is 1.41. The number of pyridine rings is 1. The molecule has 3 aromatic rings. The lowest BCUT2D eigenvalue weighted by Gasteiger charge is -2.16. The number of fused-ring (bicyclic) bond motifs is 1. The van der Waals surface area contributed by atoms with Crippen molar-refractivity contribution in [3.8, 4) is 17.8 Å². The zero-order valence-corrected chi connectivity index (χ0v) is 17.9. The minimum atomic E-state index is -0.752. The minimum Gasteiger partial charge on any atom is -0.480 e. The largest absolute Gasteiger partial charge is 0.480 e. The van der Waals surface area contributed by atoms with Gasteiger partial charge >= 0.3 is 5.97 Å². The standard InChI is InChI=1S/C22H22N6O4/c1-12-6-20(25-21(31-3)17(12)7-23)28-10-14(26-27-28)8-24-9-19(29)15-4-5-16-18(13(15)2)11-32-22(16)30/h4-6,10,19,24,29H,8-9,11H2,1-3H3. The van der Waals surface area contributed by atoms with Crippen LogP contribution in [0.25, 0.3) is 5.82 Å². The number of aliphatic hydroxyl groups excluding tert-OH is 1. The predicted molar refractivity (Wildman–Crippen MR) is 112 cm³/mol. The minimum absolute atomic E-state index is 0.234. The monoisotopic (exact) mass is 434 g/mol. The van der Waals surface area contributed by atoms with Crippen LogP contribution < -0.4 is 10.1 Å². The fourth-order valence-corrected chi connectivity index (χ4v) is 3.69. The average molecular weight is 434 g/mol. The third-order valence-corrected chi connectivity index (χ3v) is 5.46. The first kappa shape index (κ1) is 21.4. The molecule has 2 N–H and O–H groups in total. The van der Waals surface area contributed by atoms with Gasteiger partial charge in [0, 0.05) is 18.7 Å². The van der Waals surface area contributed by atoms with Gasteiger partial charge in [0.05, 0.1) is 30.7 Å². The first-order chi connectivity index (χ1) is 15.4. The molecule has 32 heavy (non-hydrogen) atoms. The molecule has 2 aromatic heterocycles. The van der Waals surface area contributed by atoms with Crippen molar-refractivity contribution in [2.75, 3.05) is 13.7 Å². The van der Waals surface area contributed by atoms with Gasteiger partial charge in [-0.15, -0.1) is 5.10 Å². The molecule has 1 aliphatic heterocycles. The first-order valence-electron chi connectivity index (χ1n) is 9.98. The Bertz CT molecular complexity index is 1230. The van der Waals surface area contributed by atoms with E-state index in [1.165, 1.54) is 11.8 Å². The lowest BCUT2D eigenvalue weighted by molar-refractivity contribution is 0.0535. The average Bonchev–Trinajstić information content (AvgIpc) is 3.40. The number of nitrogens with zero attached hydrogens (tertiary/aromatic N) is 5. The number of benzene rings is 1. The van der Waals surface area contributed by atoms with Gasteiger partial charge in [-0.05, 0) is 42.7 Å². The fourth-order valence-electron chi connectivity index (χ4n) is 3.69. The summed E-state index contributed by atoms with van der Waals surface area (Å²) in [6.07, 6.45) is 0.967. The second-order valence-electron chi connectivity index (χ2n) is 7.48. The Hall–Kier alpha value is -3.81. The molecule has 10 heteroatoms. The van der Waals surface area contributed by atoms with Crippen molar-refractivity contribution < 1.29 is 19.4 Å². The number of rotatable bonds is 7. The van der Waals surface area contributed by atoms with Gasteiger partial charge in [0.2, 0.25) is 5.88 Å². The first-order valence-corrected chi connectivity index (χ1v) is 9.98. The highest BCUT2D eigenvalue weighted by molar-refractivity contribution is 5.93. The second kappa shape index (κ2) is 8.74. The number of carbonyl (C=O) groups excluding carboxylic acids is 1. The molecule has 164 valence electrons. The third-order valence-electron chi connectivity index (χ3n) is 5.46. The van der Waals surface area contributed by atoms with Crippen LogP contribution in [0.4, 0.5) is 0 Å². The zero-order chi connectivity index (χ0) is 22.8. The van der Waals surface area contributed by atoms with Crippen LogP contribution in [0.5, 0.6) is 5.88 Å². The Labute approximate surface area is 184 Å². The third kappa shape index (κ3) is 3.91. The maximum atomic E-state index is 11.7. The quantitative estimate of drug-likeness (QED) is 0.532. The number of hydrogen-bond donors (Lipinski definition) is 2. The molecule has 0 saturated carbocycles. The number of ether oxygens (including phenoxy) is 2. The van der Waals surface area contributed by atoms with Crippen LogP contribution in [-0.2, 0) is 17.9 Å². The van der Waals surface area contributed by atoms with Gasteiger partial charge in [-0.1, -0.05) is 11.3 Å². The summed E-state index contributed by atoms with van der Waals surface area (Å²) < 4.78 is 11.8. The summed E-state index contributed by atoms with van der Waals surface area (Å²) in [4.78, 5) is 16.0. The van der Waals surface area contributed by atoms with Crippen molar-refractivity contribution in [2.24, 2.45) is 0 Å². The molecule has 0 amide bonds. The Morgan fingerprint density at radius 2 is 2.22 bits per heavy atom. The number of nitriles is 1. The van der Waals surface area contributed by atoms with Crippen LogP contribution in [-0.4, -0.2) is 44.7 Å². The van der Waals surface area contributed by atoms with Gasteiger partial charge in [0.15, 0.2) is 5.82 Å². The zero-order valence-electron chi connectivity index (χ0n) is 17.9. The van der Waals surface area contributed by atoms with E-state index >= 15 is 0 Å². The summed E-state index contributed by atoms with van der Waals surface area (Å²) in [7, 11) is 1.46. The van der Waals surface area contributed by atoms with Crippen LogP contribution >= 0.6 is 0 Å². The van der Waals surface area contributed by atoms with E-state index in [-0.39, 0.29) is 18.5 Å². The molecule has 4 rings (SSSR count). The topological polar surface area (TPSA) is 135 Å². The van der Waals surface area contributed by atoms with Crippen molar-refractivity contribution in [1.82, 2.24) is 25.3 Å². The van der Waals surface area contributed by atoms with E-state index in [1.54, 1.807) is 31.3 Å². The summed E-state index contributed by atoms with van der Waals surface area (Å²) in [6, 6.07) is 7.27. The molecular weight excluding hydrogens is 412 g/mol. The number of cyclic esters (lactones) is 1. The van der Waals surface area contributed by atoms with Gasteiger partial charge in [-0.2, -0.15) is 10.2 Å². The number of hydrogen-bond acceptors (Lipinski definition) is 9. The molecule has 1 aliphatic rings. The Morgan fingerprint density at radius 1 is 1.41 bits per heavy atom. The van der Waals surface area contributed by atoms with E-state index < -0.39 is 6.10 Å². The highest BCUT2D eigenvalue weighted by Crippen LogP contribution is 2.29. The van der Waals surface area contributed by atoms with E-state index in [1.807, 2.05) is 6.92 Å². The van der Waals surface area contributed by atoms with Crippen LogP contribution in [0.1, 0.15) is 50.0 Å². The number of aryl methyl sites for hydroxylation is 1. The van der Waals surface area contributed by atoms with E-state index in [4.69, 9.17) is 9.47 Å². The summed E-state index contributed by atoms with van der Waals surface area (Å²) >= 11 is 0. The van der Waals surface area contributed by atoms with Crippen LogP contribution in [0.2, 0.25) is 0 Å². The Morgan fingerprint density at radius 3 is 2.97 bits per heavy atom. The normalized spacial score (nSPS) is 13.4. The summed E-state index contributed by atoms with van der Waals surface area (Å²) in [5.41, 5.74) is 4.77. The highest BCUT2D eigenvalue weighted by atomic mass is 16.5. The smallest absolute Gasteiger partial charge is 0.338 e. The predicted octanol–water partition coefficient (Wildman–Crippen LogP) is 1.65. The molecular formula is C22H22N6O4. The highest BCUT2D eigenvalue weighted by Gasteiger charge is 2.25. The molecule has 1 aromatic carbocycles. The lowest BCUT2D eigenvalue weighted by atomic mass is 9.95. The van der Waals surface area contributed by atoms with Crippen molar-refractivity contribution in [1.29, 1.82) is 5.26 Å². The van der Waals surface area contributed by atoms with E-state index in [2.05, 4.69) is 26.7 Å². The molecule has 0 fully saturated rings. The molecule has 1 atom stereocenters. The molecule has 3 heterocycles. The van der Waals surface area contributed by atoms with E-state index in [9.17, 15) is 15.2 Å². The second-order valence-corrected chi connectivity index (χ2v) is 7.48. The summed E-state index contributed by atoms with van der Waals surface area (Å²) in [5, 5.41) is 31.3. The lowest BCUT2D eigenvalue weighted by Crippen LogP contribution is -2.22. The van der Waals surface area contributed by atoms with Gasteiger partial charge in [-0.25, -0.2) is 9.48 Å². The Kier molecular flexibility index (Phi) is 5.85. The molecule has 0 bridgehead atoms. The van der Waals surface area contributed by atoms with Gasteiger partial charge in [0.25, 0.3) is 0 Å². The molecule has 0 radical (unpaired) electrons. The van der Waals surface area contributed by atoms with Crippen LogP contribution in [0, 0.1) is 25.2 Å². The van der Waals surface area contributed by atoms with Crippen molar-refractivity contribution in [3.63, 3.8) is 0 Å². The maximum Gasteiger partial charge on any atom is 0.338 e. The van der Waals surface area contributed by atoms with Gasteiger partial charge in [-0.3, -0.25) is 0 Å². The fraction of sp³-hybridized carbons (Fsp3) is 0.318. The number of aromatic nitrogens is 4. The SMILES string of the molecule is COc1nc(-n2cc(CNCC(O)c3ccc4c(c3C)COC4=O)nn2)cc(C)c1C#N. The van der Waals surface area contributed by atoms with Crippen molar-refractivity contribution in [2.45, 2.75) is 33.1 Å². The van der Waals surface area contributed by atoms with Crippen LogP contribution in [0.15, 0.2) is 24.4 Å². The summed E-state index contributed by atoms with van der Waals surface area (Å²) in [5.74, 6) is 0.398. The number of carbonyl (C=O) groups is 1. The van der Waals surface area contributed by atoms with Gasteiger partial charge in [0.1, 0.15) is 18.2 Å². The molecule has 1 unspecified atom stereocenters.